The highest BCUT2D eigenvalue weighted by atomic mass is 32.2. The van der Waals surface area contributed by atoms with E-state index in [1.807, 2.05) is 79.5 Å². The predicted molar refractivity (Wildman–Crippen MR) is 157 cm³/mol. The van der Waals surface area contributed by atoms with Gasteiger partial charge in [0, 0.05) is 29.1 Å². The molecule has 2 heterocycles. The Morgan fingerprint density at radius 1 is 0.905 bits per heavy atom. The number of fused-ring (bicyclic) bond motifs is 2. The summed E-state index contributed by atoms with van der Waals surface area (Å²) in [5.41, 5.74) is 8.26. The SMILES string of the molecule is Cc1ccc(-c2c(C3c4ccccc4C(=O)N3CC(=O)NNS(=O)(=O)c3ccc(F)cc3)c3ccccc3n2C)cc1. The molecule has 212 valence electrons. The van der Waals surface area contributed by atoms with Gasteiger partial charge in [0.1, 0.15) is 12.4 Å². The molecule has 0 spiro atoms. The Hall–Kier alpha value is -4.80. The fourth-order valence-electron chi connectivity index (χ4n) is 5.60. The molecule has 0 saturated carbocycles. The normalized spacial score (nSPS) is 14.8. The zero-order chi connectivity index (χ0) is 29.6. The van der Waals surface area contributed by atoms with Gasteiger partial charge in [-0.15, -0.1) is 4.83 Å². The van der Waals surface area contributed by atoms with Crippen LogP contribution in [0.5, 0.6) is 0 Å². The van der Waals surface area contributed by atoms with Crippen molar-refractivity contribution in [2.24, 2.45) is 7.05 Å². The number of aryl methyl sites for hydroxylation is 2. The molecule has 1 unspecified atom stereocenters. The van der Waals surface area contributed by atoms with E-state index in [1.54, 1.807) is 12.1 Å². The van der Waals surface area contributed by atoms with Crippen LogP contribution in [0.15, 0.2) is 102 Å². The number of para-hydroxylation sites is 1. The highest BCUT2D eigenvalue weighted by Gasteiger charge is 2.41. The number of nitrogens with zero attached hydrogens (tertiary/aromatic N) is 2. The molecule has 1 atom stereocenters. The summed E-state index contributed by atoms with van der Waals surface area (Å²) < 4.78 is 40.7. The van der Waals surface area contributed by atoms with E-state index >= 15 is 0 Å². The maximum absolute atomic E-state index is 13.8. The second-order valence-electron chi connectivity index (χ2n) is 10.2. The zero-order valence-corrected chi connectivity index (χ0v) is 23.7. The topological polar surface area (TPSA) is 101 Å². The van der Waals surface area contributed by atoms with Crippen molar-refractivity contribution in [3.8, 4) is 11.3 Å². The summed E-state index contributed by atoms with van der Waals surface area (Å²) in [6.07, 6.45) is 0. The average Bonchev–Trinajstić information content (AvgIpc) is 3.43. The van der Waals surface area contributed by atoms with E-state index in [-0.39, 0.29) is 10.8 Å². The number of rotatable bonds is 7. The molecule has 10 heteroatoms. The number of hydrogen-bond acceptors (Lipinski definition) is 4. The number of carbonyl (C=O) groups is 2. The summed E-state index contributed by atoms with van der Waals surface area (Å²) in [5, 5.41) is 0.937. The molecule has 1 aliphatic rings. The first kappa shape index (κ1) is 27.4. The summed E-state index contributed by atoms with van der Waals surface area (Å²) in [4.78, 5) is 30.2. The molecule has 2 N–H and O–H groups in total. The Labute approximate surface area is 242 Å². The third-order valence-corrected chi connectivity index (χ3v) is 8.83. The largest absolute Gasteiger partial charge is 0.343 e. The highest BCUT2D eigenvalue weighted by molar-refractivity contribution is 7.89. The van der Waals surface area contributed by atoms with Crippen molar-refractivity contribution in [2.45, 2.75) is 17.9 Å². The van der Waals surface area contributed by atoms with Crippen molar-refractivity contribution in [2.75, 3.05) is 6.54 Å². The Morgan fingerprint density at radius 2 is 1.57 bits per heavy atom. The second kappa shape index (κ2) is 10.6. The minimum Gasteiger partial charge on any atom is -0.343 e. The number of carbonyl (C=O) groups excluding carboxylic acids is 2. The van der Waals surface area contributed by atoms with Crippen LogP contribution in [0.25, 0.3) is 22.2 Å². The first-order valence-corrected chi connectivity index (χ1v) is 14.7. The average molecular weight is 583 g/mol. The smallest absolute Gasteiger partial charge is 0.257 e. The minimum atomic E-state index is -4.17. The molecule has 5 aromatic rings. The van der Waals surface area contributed by atoms with Gasteiger partial charge < -0.3 is 9.47 Å². The molecule has 0 bridgehead atoms. The van der Waals surface area contributed by atoms with Gasteiger partial charge in [0.05, 0.1) is 16.6 Å². The predicted octanol–water partition coefficient (Wildman–Crippen LogP) is 4.85. The van der Waals surface area contributed by atoms with Crippen LogP contribution in [0.2, 0.25) is 0 Å². The summed E-state index contributed by atoms with van der Waals surface area (Å²) >= 11 is 0. The van der Waals surface area contributed by atoms with Crippen LogP contribution in [-0.2, 0) is 21.9 Å². The lowest BCUT2D eigenvalue weighted by Gasteiger charge is -2.26. The lowest BCUT2D eigenvalue weighted by Crippen LogP contribution is -2.47. The number of aromatic nitrogens is 1. The molecule has 0 radical (unpaired) electrons. The van der Waals surface area contributed by atoms with Crippen LogP contribution in [-0.4, -0.2) is 36.2 Å². The second-order valence-corrected chi connectivity index (χ2v) is 11.9. The first-order valence-electron chi connectivity index (χ1n) is 13.3. The van der Waals surface area contributed by atoms with Gasteiger partial charge in [-0.25, -0.2) is 12.8 Å². The van der Waals surface area contributed by atoms with Crippen molar-refractivity contribution < 1.29 is 22.4 Å². The van der Waals surface area contributed by atoms with Gasteiger partial charge in [0.2, 0.25) is 0 Å². The summed E-state index contributed by atoms with van der Waals surface area (Å²) in [6.45, 7) is 1.60. The standard InChI is InChI=1S/C32H27FN4O4S/c1-20-11-13-21(14-12-20)30-29(26-9-5-6-10-27(26)36(30)2)31-24-7-3-4-8-25(24)32(39)37(31)19-28(38)34-35-42(40,41)23-17-15-22(33)16-18-23/h3-18,31,35H,19H2,1-2H3,(H,34,38). The summed E-state index contributed by atoms with van der Waals surface area (Å²) in [6, 6.07) is 26.9. The first-order chi connectivity index (χ1) is 20.2. The Balaban J connectivity index is 1.40. The molecule has 1 aliphatic heterocycles. The molecule has 0 saturated heterocycles. The lowest BCUT2D eigenvalue weighted by atomic mass is 9.93. The molecule has 1 aromatic heterocycles. The van der Waals surface area contributed by atoms with Crippen molar-refractivity contribution in [3.63, 3.8) is 0 Å². The third kappa shape index (κ3) is 4.74. The van der Waals surface area contributed by atoms with E-state index < -0.39 is 34.3 Å². The Bertz CT molecular complexity index is 1950. The molecule has 0 fully saturated rings. The number of hydrazine groups is 1. The van der Waals surface area contributed by atoms with Gasteiger partial charge >= 0.3 is 0 Å². The zero-order valence-electron chi connectivity index (χ0n) is 22.8. The van der Waals surface area contributed by atoms with Crippen molar-refractivity contribution in [3.05, 3.63) is 125 Å². The van der Waals surface area contributed by atoms with Gasteiger partial charge in [-0.2, -0.15) is 0 Å². The molecule has 42 heavy (non-hydrogen) atoms. The molecule has 8 nitrogen and oxygen atoms in total. The quantitative estimate of drug-likeness (QED) is 0.268. The monoisotopic (exact) mass is 582 g/mol. The van der Waals surface area contributed by atoms with Crippen molar-refractivity contribution >= 4 is 32.7 Å². The number of benzene rings is 4. The molecule has 2 amide bonds. The summed E-state index contributed by atoms with van der Waals surface area (Å²) in [7, 11) is -2.19. The minimum absolute atomic E-state index is 0.217. The molecule has 4 aromatic carbocycles. The van der Waals surface area contributed by atoms with Gasteiger partial charge in [-0.05, 0) is 54.4 Å². The fraction of sp³-hybridized carbons (Fsp3) is 0.125. The third-order valence-electron chi connectivity index (χ3n) is 7.57. The lowest BCUT2D eigenvalue weighted by molar-refractivity contribution is -0.122. The van der Waals surface area contributed by atoms with Crippen LogP contribution in [0.1, 0.15) is 33.1 Å². The molecular weight excluding hydrogens is 555 g/mol. The number of nitrogens with one attached hydrogen (secondary N) is 2. The highest BCUT2D eigenvalue weighted by Crippen LogP contribution is 2.46. The Kier molecular flexibility index (Phi) is 6.88. The maximum atomic E-state index is 13.8. The maximum Gasteiger partial charge on any atom is 0.257 e. The van der Waals surface area contributed by atoms with E-state index in [2.05, 4.69) is 9.99 Å². The van der Waals surface area contributed by atoms with Crippen LogP contribution in [0.4, 0.5) is 4.39 Å². The van der Waals surface area contributed by atoms with E-state index in [0.717, 1.165) is 63.1 Å². The molecule has 0 aliphatic carbocycles. The van der Waals surface area contributed by atoms with E-state index in [0.29, 0.717) is 5.56 Å². The van der Waals surface area contributed by atoms with Gasteiger partial charge in [-0.3, -0.25) is 15.0 Å². The van der Waals surface area contributed by atoms with Gasteiger partial charge in [-0.1, -0.05) is 66.2 Å². The number of amides is 2. The van der Waals surface area contributed by atoms with E-state index in [1.165, 1.54) is 4.90 Å². The van der Waals surface area contributed by atoms with E-state index in [9.17, 15) is 22.4 Å². The van der Waals surface area contributed by atoms with Crippen LogP contribution >= 0.6 is 0 Å². The fourth-order valence-corrected chi connectivity index (χ4v) is 6.46. The van der Waals surface area contributed by atoms with Gasteiger partial charge in [0.25, 0.3) is 21.8 Å². The number of halogens is 1. The van der Waals surface area contributed by atoms with Crippen molar-refractivity contribution in [1.29, 1.82) is 0 Å². The van der Waals surface area contributed by atoms with Crippen molar-refractivity contribution in [1.82, 2.24) is 19.7 Å². The summed E-state index contributed by atoms with van der Waals surface area (Å²) in [5.74, 6) is -1.66. The van der Waals surface area contributed by atoms with Crippen LogP contribution in [0.3, 0.4) is 0 Å². The Morgan fingerprint density at radius 3 is 2.31 bits per heavy atom. The van der Waals surface area contributed by atoms with E-state index in [4.69, 9.17) is 0 Å². The van der Waals surface area contributed by atoms with Crippen LogP contribution in [0, 0.1) is 12.7 Å². The number of sulfonamides is 1. The van der Waals surface area contributed by atoms with Gasteiger partial charge in [0.15, 0.2) is 0 Å². The molecular formula is C32H27FN4O4S. The molecule has 6 rings (SSSR count). The number of hydrogen-bond donors (Lipinski definition) is 2. The van der Waals surface area contributed by atoms with Crippen LogP contribution < -0.4 is 10.3 Å².